The van der Waals surface area contributed by atoms with Crippen LogP contribution in [-0.2, 0) is 0 Å². The summed E-state index contributed by atoms with van der Waals surface area (Å²) in [6, 6.07) is 8.46. The Kier molecular flexibility index (Phi) is 4.65. The predicted octanol–water partition coefficient (Wildman–Crippen LogP) is 4.05. The van der Waals surface area contributed by atoms with Crippen molar-refractivity contribution in [3.8, 4) is 5.75 Å². The van der Waals surface area contributed by atoms with Gasteiger partial charge in [-0.25, -0.2) is 0 Å². The minimum atomic E-state index is 0.146. The van der Waals surface area contributed by atoms with Crippen molar-refractivity contribution >= 4 is 0 Å². The fourth-order valence-corrected chi connectivity index (χ4v) is 2.66. The zero-order valence-corrected chi connectivity index (χ0v) is 11.6. The summed E-state index contributed by atoms with van der Waals surface area (Å²) in [5.41, 5.74) is 7.21. The van der Waals surface area contributed by atoms with Crippen molar-refractivity contribution in [2.45, 2.75) is 58.1 Å². The van der Waals surface area contributed by atoms with Gasteiger partial charge in [0.2, 0.25) is 0 Å². The first-order chi connectivity index (χ1) is 8.70. The minimum absolute atomic E-state index is 0.146. The molecule has 0 radical (unpaired) electrons. The fourth-order valence-electron chi connectivity index (χ4n) is 2.66. The van der Waals surface area contributed by atoms with E-state index in [0.29, 0.717) is 12.0 Å². The lowest BCUT2D eigenvalue weighted by Crippen LogP contribution is -2.28. The van der Waals surface area contributed by atoms with Crippen LogP contribution in [0.1, 0.15) is 57.6 Å². The number of nitrogens with two attached hydrogens (primary N) is 1. The largest absolute Gasteiger partial charge is 0.490 e. The van der Waals surface area contributed by atoms with Crippen LogP contribution in [0, 0.1) is 5.92 Å². The maximum Gasteiger partial charge on any atom is 0.119 e. The smallest absolute Gasteiger partial charge is 0.119 e. The minimum Gasteiger partial charge on any atom is -0.490 e. The SMILES string of the molecule is CC[C@H](N)c1ccc(OC2CCCCC2C)cc1. The Morgan fingerprint density at radius 2 is 1.89 bits per heavy atom. The Labute approximate surface area is 111 Å². The maximum atomic E-state index is 6.10. The molecule has 0 saturated heterocycles. The number of ether oxygens (including phenoxy) is 1. The van der Waals surface area contributed by atoms with E-state index in [0.717, 1.165) is 12.2 Å². The highest BCUT2D eigenvalue weighted by Gasteiger charge is 2.22. The van der Waals surface area contributed by atoms with Gasteiger partial charge >= 0.3 is 0 Å². The first-order valence-corrected chi connectivity index (χ1v) is 7.23. The molecule has 0 bridgehead atoms. The van der Waals surface area contributed by atoms with Gasteiger partial charge < -0.3 is 10.5 Å². The summed E-state index contributed by atoms with van der Waals surface area (Å²) < 4.78 is 6.10. The third kappa shape index (κ3) is 3.26. The van der Waals surface area contributed by atoms with Crippen LogP contribution < -0.4 is 10.5 Å². The summed E-state index contributed by atoms with van der Waals surface area (Å²) >= 11 is 0. The van der Waals surface area contributed by atoms with E-state index in [1.54, 1.807) is 0 Å². The zero-order chi connectivity index (χ0) is 13.0. The molecular formula is C16H25NO. The second-order valence-electron chi connectivity index (χ2n) is 5.50. The molecule has 1 aliphatic carbocycles. The lowest BCUT2D eigenvalue weighted by Gasteiger charge is -2.29. The van der Waals surface area contributed by atoms with Gasteiger partial charge in [-0.15, -0.1) is 0 Å². The van der Waals surface area contributed by atoms with Gasteiger partial charge in [-0.05, 0) is 49.3 Å². The van der Waals surface area contributed by atoms with Crippen LogP contribution in [0.15, 0.2) is 24.3 Å². The van der Waals surface area contributed by atoms with Crippen LogP contribution in [0.25, 0.3) is 0 Å². The molecule has 3 atom stereocenters. The molecule has 1 saturated carbocycles. The Hall–Kier alpha value is -1.02. The number of hydrogen-bond acceptors (Lipinski definition) is 2. The molecule has 100 valence electrons. The quantitative estimate of drug-likeness (QED) is 0.871. The standard InChI is InChI=1S/C16H25NO/c1-3-15(17)13-8-10-14(11-9-13)18-16-7-5-4-6-12(16)2/h8-12,15-16H,3-7,17H2,1-2H3/t12?,15-,16?/m0/s1. The van der Waals surface area contributed by atoms with E-state index in [2.05, 4.69) is 38.1 Å². The highest BCUT2D eigenvalue weighted by molar-refractivity contribution is 5.29. The summed E-state index contributed by atoms with van der Waals surface area (Å²) in [5.74, 6) is 1.66. The second kappa shape index (κ2) is 6.24. The van der Waals surface area contributed by atoms with Crippen molar-refractivity contribution in [1.29, 1.82) is 0 Å². The van der Waals surface area contributed by atoms with Gasteiger partial charge in [0.25, 0.3) is 0 Å². The lowest BCUT2D eigenvalue weighted by atomic mass is 9.88. The van der Waals surface area contributed by atoms with Crippen LogP contribution >= 0.6 is 0 Å². The van der Waals surface area contributed by atoms with Crippen molar-refractivity contribution in [1.82, 2.24) is 0 Å². The number of benzene rings is 1. The van der Waals surface area contributed by atoms with Gasteiger partial charge in [0.1, 0.15) is 11.9 Å². The van der Waals surface area contributed by atoms with E-state index in [1.165, 1.54) is 31.2 Å². The van der Waals surface area contributed by atoms with E-state index < -0.39 is 0 Å². The molecule has 0 heterocycles. The van der Waals surface area contributed by atoms with E-state index in [-0.39, 0.29) is 6.04 Å². The highest BCUT2D eigenvalue weighted by atomic mass is 16.5. The Bertz CT molecular complexity index is 360. The van der Waals surface area contributed by atoms with Crippen LogP contribution in [0.5, 0.6) is 5.75 Å². The van der Waals surface area contributed by atoms with Gasteiger partial charge in [0.05, 0.1) is 0 Å². The molecule has 0 aromatic heterocycles. The molecule has 2 N–H and O–H groups in total. The zero-order valence-electron chi connectivity index (χ0n) is 11.6. The molecule has 1 aromatic carbocycles. The molecule has 2 nitrogen and oxygen atoms in total. The van der Waals surface area contributed by atoms with E-state index >= 15 is 0 Å². The third-order valence-corrected chi connectivity index (χ3v) is 4.07. The average molecular weight is 247 g/mol. The third-order valence-electron chi connectivity index (χ3n) is 4.07. The van der Waals surface area contributed by atoms with Crippen LogP contribution in [0.3, 0.4) is 0 Å². The molecule has 0 amide bonds. The van der Waals surface area contributed by atoms with Gasteiger partial charge in [0, 0.05) is 6.04 Å². The van der Waals surface area contributed by atoms with Gasteiger partial charge in [-0.1, -0.05) is 32.4 Å². The van der Waals surface area contributed by atoms with Gasteiger partial charge in [0.15, 0.2) is 0 Å². The molecule has 0 spiro atoms. The molecule has 1 fully saturated rings. The molecule has 2 heteroatoms. The first-order valence-electron chi connectivity index (χ1n) is 7.23. The van der Waals surface area contributed by atoms with Crippen LogP contribution in [0.4, 0.5) is 0 Å². The van der Waals surface area contributed by atoms with Crippen molar-refractivity contribution in [2.75, 3.05) is 0 Å². The second-order valence-corrected chi connectivity index (χ2v) is 5.50. The number of rotatable bonds is 4. The fraction of sp³-hybridized carbons (Fsp3) is 0.625. The van der Waals surface area contributed by atoms with Gasteiger partial charge in [-0.3, -0.25) is 0 Å². The maximum absolute atomic E-state index is 6.10. The van der Waals surface area contributed by atoms with Gasteiger partial charge in [-0.2, -0.15) is 0 Å². The molecular weight excluding hydrogens is 222 g/mol. The average Bonchev–Trinajstić information content (AvgIpc) is 2.41. The van der Waals surface area contributed by atoms with Crippen molar-refractivity contribution in [3.05, 3.63) is 29.8 Å². The predicted molar refractivity (Wildman–Crippen MR) is 75.7 cm³/mol. The van der Waals surface area contributed by atoms with Crippen molar-refractivity contribution in [2.24, 2.45) is 11.7 Å². The lowest BCUT2D eigenvalue weighted by molar-refractivity contribution is 0.102. The summed E-state index contributed by atoms with van der Waals surface area (Å²) in [7, 11) is 0. The number of hydrogen-bond donors (Lipinski definition) is 1. The van der Waals surface area contributed by atoms with E-state index in [4.69, 9.17) is 10.5 Å². The topological polar surface area (TPSA) is 35.2 Å². The van der Waals surface area contributed by atoms with Crippen molar-refractivity contribution in [3.63, 3.8) is 0 Å². The molecule has 1 aliphatic rings. The molecule has 1 aromatic rings. The Balaban J connectivity index is 1.97. The van der Waals surface area contributed by atoms with Crippen molar-refractivity contribution < 1.29 is 4.74 Å². The van der Waals surface area contributed by atoms with E-state index in [1.807, 2.05) is 0 Å². The summed E-state index contributed by atoms with van der Waals surface area (Å²) in [4.78, 5) is 0. The molecule has 2 rings (SSSR count). The van der Waals surface area contributed by atoms with E-state index in [9.17, 15) is 0 Å². The molecule has 0 aliphatic heterocycles. The summed E-state index contributed by atoms with van der Waals surface area (Å²) in [6.45, 7) is 4.41. The Morgan fingerprint density at radius 3 is 2.50 bits per heavy atom. The Morgan fingerprint density at radius 1 is 1.22 bits per heavy atom. The summed E-state index contributed by atoms with van der Waals surface area (Å²) in [5, 5.41) is 0. The normalized spacial score (nSPS) is 25.7. The highest BCUT2D eigenvalue weighted by Crippen LogP contribution is 2.28. The van der Waals surface area contributed by atoms with Crippen LogP contribution in [-0.4, -0.2) is 6.10 Å². The first kappa shape index (κ1) is 13.4. The molecule has 2 unspecified atom stereocenters. The molecule has 18 heavy (non-hydrogen) atoms. The summed E-state index contributed by atoms with van der Waals surface area (Å²) in [6.07, 6.45) is 6.50. The van der Waals surface area contributed by atoms with Crippen LogP contribution in [0.2, 0.25) is 0 Å². The monoisotopic (exact) mass is 247 g/mol.